The second-order valence-corrected chi connectivity index (χ2v) is 9.46. The van der Waals surface area contributed by atoms with E-state index in [-0.39, 0.29) is 0 Å². The molecular formula is C36H24N2. The summed E-state index contributed by atoms with van der Waals surface area (Å²) in [5.41, 5.74) is 11.4. The zero-order chi connectivity index (χ0) is 25.3. The molecule has 0 atom stereocenters. The van der Waals surface area contributed by atoms with Crippen molar-refractivity contribution in [3.8, 4) is 44.5 Å². The van der Waals surface area contributed by atoms with Gasteiger partial charge in [-0.25, -0.2) is 0 Å². The molecule has 38 heavy (non-hydrogen) atoms. The van der Waals surface area contributed by atoms with Gasteiger partial charge in [0.05, 0.1) is 11.0 Å². The fraction of sp³-hybridized carbons (Fsp3) is 0. The second kappa shape index (κ2) is 9.42. The van der Waals surface area contributed by atoms with Crippen molar-refractivity contribution in [1.82, 2.24) is 9.97 Å². The molecule has 2 heterocycles. The van der Waals surface area contributed by atoms with Gasteiger partial charge in [0.2, 0.25) is 0 Å². The first-order valence-electron chi connectivity index (χ1n) is 12.8. The van der Waals surface area contributed by atoms with Gasteiger partial charge >= 0.3 is 0 Å². The summed E-state index contributed by atoms with van der Waals surface area (Å²) in [5.74, 6) is 0. The molecule has 0 saturated carbocycles. The Labute approximate surface area is 221 Å². The predicted molar refractivity (Wildman–Crippen MR) is 159 cm³/mol. The lowest BCUT2D eigenvalue weighted by Crippen LogP contribution is -1.90. The molecule has 0 aliphatic carbocycles. The molecule has 7 rings (SSSR count). The highest BCUT2D eigenvalue weighted by molar-refractivity contribution is 6.11. The second-order valence-electron chi connectivity index (χ2n) is 9.46. The smallest absolute Gasteiger partial charge is 0.0970 e. The van der Waals surface area contributed by atoms with Crippen LogP contribution in [0.25, 0.3) is 66.3 Å². The summed E-state index contributed by atoms with van der Waals surface area (Å²) in [6.07, 6.45) is 3.79. The predicted octanol–water partition coefficient (Wildman–Crippen LogP) is 9.45. The third-order valence-electron chi connectivity index (χ3n) is 7.23. The zero-order valence-electron chi connectivity index (χ0n) is 20.8. The number of rotatable bonds is 4. The van der Waals surface area contributed by atoms with Crippen LogP contribution in [0.15, 0.2) is 146 Å². The minimum Gasteiger partial charge on any atom is -0.254 e. The fourth-order valence-electron chi connectivity index (χ4n) is 5.28. The largest absolute Gasteiger partial charge is 0.254 e. The molecule has 2 aromatic heterocycles. The summed E-state index contributed by atoms with van der Waals surface area (Å²) < 4.78 is 0. The molecule has 0 fully saturated rings. The summed E-state index contributed by atoms with van der Waals surface area (Å²) >= 11 is 0. The number of pyridine rings is 2. The van der Waals surface area contributed by atoms with Gasteiger partial charge in [0, 0.05) is 23.2 Å². The maximum absolute atomic E-state index is 4.79. The molecule has 178 valence electrons. The first-order chi connectivity index (χ1) is 18.8. The molecule has 0 unspecified atom stereocenters. The molecule has 2 heteroatoms. The Bertz CT molecular complexity index is 1730. The Morgan fingerprint density at radius 3 is 1.03 bits per heavy atom. The van der Waals surface area contributed by atoms with E-state index in [0.29, 0.717) is 0 Å². The molecule has 0 amide bonds. The molecule has 0 bridgehead atoms. The Morgan fingerprint density at radius 1 is 0.289 bits per heavy atom. The first-order valence-corrected chi connectivity index (χ1v) is 12.8. The summed E-state index contributed by atoms with van der Waals surface area (Å²) in [6.45, 7) is 0. The molecule has 7 aromatic rings. The average molecular weight is 485 g/mol. The fourth-order valence-corrected chi connectivity index (χ4v) is 5.28. The highest BCUT2D eigenvalue weighted by atomic mass is 14.7. The highest BCUT2D eigenvalue weighted by Crippen LogP contribution is 2.36. The first kappa shape index (κ1) is 22.1. The summed E-state index contributed by atoms with van der Waals surface area (Å²) in [7, 11) is 0. The number of fused-ring (bicyclic) bond motifs is 3. The molecular weight excluding hydrogens is 460 g/mol. The van der Waals surface area contributed by atoms with E-state index >= 15 is 0 Å². The van der Waals surface area contributed by atoms with Crippen molar-refractivity contribution in [1.29, 1.82) is 0 Å². The van der Waals surface area contributed by atoms with E-state index < -0.39 is 0 Å². The van der Waals surface area contributed by atoms with Crippen molar-refractivity contribution in [2.45, 2.75) is 0 Å². The molecule has 0 radical (unpaired) electrons. The van der Waals surface area contributed by atoms with Crippen LogP contribution >= 0.6 is 0 Å². The van der Waals surface area contributed by atoms with Gasteiger partial charge in [0.25, 0.3) is 0 Å². The van der Waals surface area contributed by atoms with Gasteiger partial charge in [0.15, 0.2) is 0 Å². The standard InChI is InChI=1S/C36H24N2/c1-3-7-25(8-4-1)27-11-15-29(16-12-27)31-21-23-37-35-33(31)19-20-34-32(22-24-38-36(34)35)30-17-13-28(14-18-30)26-9-5-2-6-10-26/h1-24H. The lowest BCUT2D eigenvalue weighted by atomic mass is 9.95. The molecule has 0 N–H and O–H groups in total. The van der Waals surface area contributed by atoms with Crippen molar-refractivity contribution < 1.29 is 0 Å². The third-order valence-corrected chi connectivity index (χ3v) is 7.23. The van der Waals surface area contributed by atoms with E-state index in [1.54, 1.807) is 0 Å². The van der Waals surface area contributed by atoms with Crippen LogP contribution in [0.5, 0.6) is 0 Å². The molecule has 0 spiro atoms. The van der Waals surface area contributed by atoms with E-state index in [2.05, 4.69) is 121 Å². The van der Waals surface area contributed by atoms with Crippen LogP contribution in [-0.2, 0) is 0 Å². The number of benzene rings is 5. The Kier molecular flexibility index (Phi) is 5.49. The highest BCUT2D eigenvalue weighted by Gasteiger charge is 2.12. The Balaban J connectivity index is 1.30. The van der Waals surface area contributed by atoms with Crippen molar-refractivity contribution >= 4 is 21.8 Å². The number of hydrogen-bond acceptors (Lipinski definition) is 2. The van der Waals surface area contributed by atoms with Gasteiger partial charge in [-0.05, 0) is 56.6 Å². The van der Waals surface area contributed by atoms with Gasteiger partial charge in [-0.15, -0.1) is 0 Å². The lowest BCUT2D eigenvalue weighted by Gasteiger charge is -2.12. The van der Waals surface area contributed by atoms with Crippen LogP contribution in [0.2, 0.25) is 0 Å². The van der Waals surface area contributed by atoms with Gasteiger partial charge in [-0.2, -0.15) is 0 Å². The van der Waals surface area contributed by atoms with Crippen LogP contribution < -0.4 is 0 Å². The minimum absolute atomic E-state index is 0.926. The zero-order valence-corrected chi connectivity index (χ0v) is 20.8. The van der Waals surface area contributed by atoms with Crippen LogP contribution in [0.4, 0.5) is 0 Å². The number of hydrogen-bond donors (Lipinski definition) is 0. The van der Waals surface area contributed by atoms with Crippen LogP contribution in [0.1, 0.15) is 0 Å². The summed E-state index contributed by atoms with van der Waals surface area (Å²) in [5, 5.41) is 2.22. The topological polar surface area (TPSA) is 25.8 Å². The normalized spacial score (nSPS) is 11.2. The Hall–Kier alpha value is -5.08. The van der Waals surface area contributed by atoms with Crippen molar-refractivity contribution in [3.05, 3.63) is 146 Å². The quantitative estimate of drug-likeness (QED) is 0.233. The van der Waals surface area contributed by atoms with Gasteiger partial charge < -0.3 is 0 Å². The van der Waals surface area contributed by atoms with Crippen molar-refractivity contribution in [2.75, 3.05) is 0 Å². The van der Waals surface area contributed by atoms with Gasteiger partial charge in [-0.1, -0.05) is 121 Å². The van der Waals surface area contributed by atoms with E-state index in [1.165, 1.54) is 33.4 Å². The Morgan fingerprint density at radius 2 is 0.632 bits per heavy atom. The molecule has 0 saturated heterocycles. The molecule has 0 aliphatic heterocycles. The summed E-state index contributed by atoms with van der Waals surface area (Å²) in [6, 6.07) is 47.0. The third kappa shape index (κ3) is 3.93. The van der Waals surface area contributed by atoms with E-state index in [9.17, 15) is 0 Å². The monoisotopic (exact) mass is 484 g/mol. The van der Waals surface area contributed by atoms with Crippen molar-refractivity contribution in [3.63, 3.8) is 0 Å². The van der Waals surface area contributed by atoms with Crippen molar-refractivity contribution in [2.24, 2.45) is 0 Å². The number of nitrogens with zero attached hydrogens (tertiary/aromatic N) is 2. The van der Waals surface area contributed by atoms with Crippen LogP contribution in [0, 0.1) is 0 Å². The lowest BCUT2D eigenvalue weighted by molar-refractivity contribution is 1.37. The van der Waals surface area contributed by atoms with Gasteiger partial charge in [-0.3, -0.25) is 9.97 Å². The minimum atomic E-state index is 0.926. The van der Waals surface area contributed by atoms with E-state index in [1.807, 2.05) is 24.5 Å². The molecule has 0 aliphatic rings. The maximum Gasteiger partial charge on any atom is 0.0970 e. The van der Waals surface area contributed by atoms with Crippen LogP contribution in [0.3, 0.4) is 0 Å². The molecule has 2 nitrogen and oxygen atoms in total. The molecule has 5 aromatic carbocycles. The van der Waals surface area contributed by atoms with Crippen LogP contribution in [-0.4, -0.2) is 9.97 Å². The van der Waals surface area contributed by atoms with E-state index in [4.69, 9.17) is 9.97 Å². The number of aromatic nitrogens is 2. The SMILES string of the molecule is c1ccc(-c2ccc(-c3ccnc4c3ccc3c(-c5ccc(-c6ccccc6)cc5)ccnc34)cc2)cc1. The average Bonchev–Trinajstić information content (AvgIpc) is 3.01. The summed E-state index contributed by atoms with van der Waals surface area (Å²) in [4.78, 5) is 9.57. The van der Waals surface area contributed by atoms with E-state index in [0.717, 1.165) is 32.9 Å². The maximum atomic E-state index is 4.79. The van der Waals surface area contributed by atoms with Gasteiger partial charge in [0.1, 0.15) is 0 Å².